The number of nitrogens with two attached hydrogens (primary N) is 1. The molecular formula is C15H25FN2O2S. The summed E-state index contributed by atoms with van der Waals surface area (Å²) >= 11 is 0. The quantitative estimate of drug-likeness (QED) is 0.774. The molecule has 0 heterocycles. The Morgan fingerprint density at radius 1 is 1.24 bits per heavy atom. The minimum absolute atomic E-state index is 0.173. The summed E-state index contributed by atoms with van der Waals surface area (Å²) in [6.07, 6.45) is 2.71. The molecule has 1 atom stereocenters. The summed E-state index contributed by atoms with van der Waals surface area (Å²) in [6, 6.07) is 2.48. The minimum Gasteiger partial charge on any atom is -0.330 e. The highest BCUT2D eigenvalue weighted by atomic mass is 32.2. The molecule has 0 saturated heterocycles. The number of aryl methyl sites for hydroxylation is 2. The number of hydrogen-bond donors (Lipinski definition) is 2. The molecule has 3 N–H and O–H groups in total. The highest BCUT2D eigenvalue weighted by Gasteiger charge is 2.21. The Labute approximate surface area is 127 Å². The van der Waals surface area contributed by atoms with Crippen LogP contribution >= 0.6 is 0 Å². The van der Waals surface area contributed by atoms with Crippen molar-refractivity contribution in [3.8, 4) is 0 Å². The van der Waals surface area contributed by atoms with Gasteiger partial charge in [-0.2, -0.15) is 0 Å². The van der Waals surface area contributed by atoms with Crippen molar-refractivity contribution in [3.63, 3.8) is 0 Å². The fourth-order valence-electron chi connectivity index (χ4n) is 2.61. The molecule has 6 heteroatoms. The molecule has 1 rings (SSSR count). The van der Waals surface area contributed by atoms with E-state index in [0.717, 1.165) is 19.3 Å². The molecule has 0 aliphatic rings. The third kappa shape index (κ3) is 5.05. The summed E-state index contributed by atoms with van der Waals surface area (Å²) in [5.41, 5.74) is 6.40. The van der Waals surface area contributed by atoms with Crippen molar-refractivity contribution >= 4 is 10.0 Å². The highest BCUT2D eigenvalue weighted by Crippen LogP contribution is 2.21. The van der Waals surface area contributed by atoms with Gasteiger partial charge in [0.2, 0.25) is 10.0 Å². The molecule has 0 aliphatic carbocycles. The van der Waals surface area contributed by atoms with Gasteiger partial charge in [0.25, 0.3) is 0 Å². The van der Waals surface area contributed by atoms with Gasteiger partial charge in [-0.05, 0) is 62.4 Å². The molecule has 1 aromatic rings. The lowest BCUT2D eigenvalue weighted by atomic mass is 10.0. The van der Waals surface area contributed by atoms with E-state index in [1.165, 1.54) is 12.1 Å². The van der Waals surface area contributed by atoms with Crippen molar-refractivity contribution in [3.05, 3.63) is 29.1 Å². The maximum Gasteiger partial charge on any atom is 0.241 e. The molecule has 0 bridgehead atoms. The molecular weight excluding hydrogens is 291 g/mol. The number of benzene rings is 1. The fourth-order valence-corrected chi connectivity index (χ4v) is 4.18. The van der Waals surface area contributed by atoms with E-state index in [1.54, 1.807) is 13.8 Å². The number of sulfonamides is 1. The van der Waals surface area contributed by atoms with Gasteiger partial charge in [0.15, 0.2) is 0 Å². The van der Waals surface area contributed by atoms with Crippen LogP contribution in [0.4, 0.5) is 4.39 Å². The third-order valence-electron chi connectivity index (χ3n) is 3.53. The van der Waals surface area contributed by atoms with E-state index >= 15 is 0 Å². The molecule has 1 unspecified atom stereocenters. The smallest absolute Gasteiger partial charge is 0.241 e. The van der Waals surface area contributed by atoms with Crippen molar-refractivity contribution in [1.82, 2.24) is 4.72 Å². The molecule has 21 heavy (non-hydrogen) atoms. The third-order valence-corrected chi connectivity index (χ3v) is 5.26. The summed E-state index contributed by atoms with van der Waals surface area (Å²) in [7, 11) is -3.63. The van der Waals surface area contributed by atoms with Gasteiger partial charge in [-0.1, -0.05) is 13.3 Å². The van der Waals surface area contributed by atoms with E-state index in [4.69, 9.17) is 5.73 Å². The van der Waals surface area contributed by atoms with Crippen LogP contribution in [0.1, 0.15) is 37.3 Å². The molecule has 0 aromatic heterocycles. The Kier molecular flexibility index (Phi) is 6.77. The van der Waals surface area contributed by atoms with Gasteiger partial charge in [-0.25, -0.2) is 17.5 Å². The van der Waals surface area contributed by atoms with E-state index in [-0.39, 0.29) is 10.8 Å². The van der Waals surface area contributed by atoms with Gasteiger partial charge in [0, 0.05) is 6.54 Å². The van der Waals surface area contributed by atoms with Crippen molar-refractivity contribution in [1.29, 1.82) is 0 Å². The van der Waals surface area contributed by atoms with Crippen molar-refractivity contribution in [2.75, 3.05) is 13.1 Å². The SMILES string of the molecule is CCCC(CCN)CNS(=O)(=O)c1c(C)cc(F)cc1C. The predicted molar refractivity (Wildman–Crippen MR) is 83.1 cm³/mol. The van der Waals surface area contributed by atoms with E-state index in [0.29, 0.717) is 24.2 Å². The van der Waals surface area contributed by atoms with E-state index < -0.39 is 15.8 Å². The summed E-state index contributed by atoms with van der Waals surface area (Å²) < 4.78 is 40.8. The van der Waals surface area contributed by atoms with Crippen molar-refractivity contribution in [2.45, 2.75) is 44.9 Å². The molecule has 0 fully saturated rings. The summed E-state index contributed by atoms with van der Waals surface area (Å²) in [5, 5.41) is 0. The Bertz CT molecular complexity index is 544. The van der Waals surface area contributed by atoms with Crippen LogP contribution in [0.3, 0.4) is 0 Å². The monoisotopic (exact) mass is 316 g/mol. The van der Waals surface area contributed by atoms with Crippen LogP contribution in [0.15, 0.2) is 17.0 Å². The lowest BCUT2D eigenvalue weighted by molar-refractivity contribution is 0.443. The van der Waals surface area contributed by atoms with E-state index in [1.807, 2.05) is 0 Å². The topological polar surface area (TPSA) is 72.2 Å². The van der Waals surface area contributed by atoms with Crippen LogP contribution in [0, 0.1) is 25.6 Å². The fraction of sp³-hybridized carbons (Fsp3) is 0.600. The Morgan fingerprint density at radius 2 is 1.81 bits per heavy atom. The van der Waals surface area contributed by atoms with Crippen LogP contribution in [0.2, 0.25) is 0 Å². The zero-order chi connectivity index (χ0) is 16.0. The Hall–Kier alpha value is -0.980. The molecule has 0 aliphatic heterocycles. The molecule has 120 valence electrons. The highest BCUT2D eigenvalue weighted by molar-refractivity contribution is 7.89. The van der Waals surface area contributed by atoms with Crippen LogP contribution in [-0.4, -0.2) is 21.5 Å². The summed E-state index contributed by atoms with van der Waals surface area (Å²) in [5.74, 6) is -0.188. The summed E-state index contributed by atoms with van der Waals surface area (Å²) in [6.45, 7) is 6.18. The first-order valence-electron chi connectivity index (χ1n) is 7.28. The van der Waals surface area contributed by atoms with E-state index in [9.17, 15) is 12.8 Å². The second-order valence-corrected chi connectivity index (χ2v) is 7.16. The maximum absolute atomic E-state index is 13.3. The Balaban J connectivity index is 2.92. The number of rotatable bonds is 8. The van der Waals surface area contributed by atoms with Gasteiger partial charge in [0.1, 0.15) is 5.82 Å². The summed E-state index contributed by atoms with van der Waals surface area (Å²) in [4.78, 5) is 0.173. The van der Waals surface area contributed by atoms with Gasteiger partial charge in [-0.15, -0.1) is 0 Å². The maximum atomic E-state index is 13.3. The van der Waals surface area contributed by atoms with Crippen LogP contribution < -0.4 is 10.5 Å². The molecule has 0 spiro atoms. The lowest BCUT2D eigenvalue weighted by Crippen LogP contribution is -2.31. The average molecular weight is 316 g/mol. The zero-order valence-electron chi connectivity index (χ0n) is 12.9. The van der Waals surface area contributed by atoms with Gasteiger partial charge in [-0.3, -0.25) is 0 Å². The standard InChI is InChI=1S/C15H25FN2O2S/c1-4-5-13(6-7-17)10-18-21(19,20)15-11(2)8-14(16)9-12(15)3/h8-9,13,18H,4-7,10,17H2,1-3H3. The molecule has 0 saturated carbocycles. The van der Waals surface area contributed by atoms with Gasteiger partial charge in [0.05, 0.1) is 4.90 Å². The normalized spacial score (nSPS) is 13.4. The first-order chi connectivity index (χ1) is 9.81. The van der Waals surface area contributed by atoms with Crippen LogP contribution in [-0.2, 0) is 10.0 Å². The first kappa shape index (κ1) is 18.1. The minimum atomic E-state index is -3.63. The molecule has 4 nitrogen and oxygen atoms in total. The molecule has 0 amide bonds. The number of hydrogen-bond acceptors (Lipinski definition) is 3. The van der Waals surface area contributed by atoms with Gasteiger partial charge >= 0.3 is 0 Å². The van der Waals surface area contributed by atoms with Crippen molar-refractivity contribution < 1.29 is 12.8 Å². The average Bonchev–Trinajstić information content (AvgIpc) is 2.35. The second-order valence-electron chi connectivity index (χ2n) is 5.45. The largest absolute Gasteiger partial charge is 0.330 e. The molecule has 1 aromatic carbocycles. The Morgan fingerprint density at radius 3 is 2.29 bits per heavy atom. The van der Waals surface area contributed by atoms with Crippen LogP contribution in [0.5, 0.6) is 0 Å². The lowest BCUT2D eigenvalue weighted by Gasteiger charge is -2.17. The predicted octanol–water partition coefficient (Wildman–Crippen LogP) is 2.49. The number of nitrogens with one attached hydrogen (secondary N) is 1. The van der Waals surface area contributed by atoms with E-state index in [2.05, 4.69) is 11.6 Å². The van der Waals surface area contributed by atoms with Gasteiger partial charge < -0.3 is 5.73 Å². The van der Waals surface area contributed by atoms with Crippen molar-refractivity contribution in [2.24, 2.45) is 11.7 Å². The zero-order valence-corrected chi connectivity index (χ0v) is 13.8. The second kappa shape index (κ2) is 7.87. The van der Waals surface area contributed by atoms with Crippen LogP contribution in [0.25, 0.3) is 0 Å². The molecule has 0 radical (unpaired) electrons. The first-order valence-corrected chi connectivity index (χ1v) is 8.76. The number of halogens is 1.